The summed E-state index contributed by atoms with van der Waals surface area (Å²) in [7, 11) is 2.01. The van der Waals surface area contributed by atoms with Gasteiger partial charge in [0.15, 0.2) is 11.5 Å². The first-order valence-corrected chi connectivity index (χ1v) is 7.80. The fourth-order valence-electron chi connectivity index (χ4n) is 3.11. The number of aromatic nitrogens is 4. The zero-order chi connectivity index (χ0) is 15.8. The maximum absolute atomic E-state index is 8.78. The number of aryl methyl sites for hydroxylation is 2. The molecule has 1 aliphatic heterocycles. The monoisotopic (exact) mass is 307 g/mol. The van der Waals surface area contributed by atoms with Crippen molar-refractivity contribution in [1.82, 2.24) is 20.2 Å². The van der Waals surface area contributed by atoms with Gasteiger partial charge in [0.1, 0.15) is 11.9 Å². The molecule has 0 spiro atoms. The van der Waals surface area contributed by atoms with Crippen LogP contribution in [0.25, 0.3) is 0 Å². The minimum Gasteiger partial charge on any atom is -0.352 e. The van der Waals surface area contributed by atoms with Crippen LogP contribution in [0.15, 0.2) is 18.5 Å². The number of hydrogen-bond donors (Lipinski definition) is 0. The molecule has 1 fully saturated rings. The molecule has 1 aliphatic carbocycles. The molecule has 7 heteroatoms. The molecule has 1 saturated heterocycles. The molecular formula is C16H17N7. The Morgan fingerprint density at radius 3 is 2.83 bits per heavy atom. The summed E-state index contributed by atoms with van der Waals surface area (Å²) in [6.07, 6.45) is 6.53. The third-order valence-electron chi connectivity index (χ3n) is 4.65. The van der Waals surface area contributed by atoms with Gasteiger partial charge in [0.2, 0.25) is 0 Å². The average molecular weight is 307 g/mol. The first-order chi connectivity index (χ1) is 11.2. The van der Waals surface area contributed by atoms with E-state index in [0.29, 0.717) is 11.7 Å². The maximum Gasteiger partial charge on any atom is 0.158 e. The van der Waals surface area contributed by atoms with Gasteiger partial charge in [0.25, 0.3) is 0 Å². The van der Waals surface area contributed by atoms with Gasteiger partial charge in [-0.1, -0.05) is 0 Å². The van der Waals surface area contributed by atoms with Gasteiger partial charge in [-0.05, 0) is 30.9 Å². The molecule has 7 nitrogen and oxygen atoms in total. The van der Waals surface area contributed by atoms with Gasteiger partial charge >= 0.3 is 0 Å². The van der Waals surface area contributed by atoms with Crippen molar-refractivity contribution in [3.8, 4) is 6.07 Å². The number of rotatable bonds is 3. The Kier molecular flexibility index (Phi) is 3.30. The normalized spacial score (nSPS) is 16.6. The van der Waals surface area contributed by atoms with Crippen LogP contribution >= 0.6 is 0 Å². The summed E-state index contributed by atoms with van der Waals surface area (Å²) in [6.45, 7) is 1.79. The van der Waals surface area contributed by atoms with Gasteiger partial charge in [-0.2, -0.15) is 10.4 Å². The van der Waals surface area contributed by atoms with E-state index in [1.54, 1.807) is 6.20 Å². The van der Waals surface area contributed by atoms with E-state index in [1.807, 2.05) is 13.1 Å². The van der Waals surface area contributed by atoms with Crippen LogP contribution in [0.2, 0.25) is 0 Å². The predicted molar refractivity (Wildman–Crippen MR) is 85.2 cm³/mol. The van der Waals surface area contributed by atoms with E-state index in [4.69, 9.17) is 5.26 Å². The lowest BCUT2D eigenvalue weighted by molar-refractivity contribution is 0.487. The van der Waals surface area contributed by atoms with Crippen molar-refractivity contribution in [1.29, 1.82) is 5.26 Å². The standard InChI is InChI=1S/C16H17N7/c1-22(16-8-18-12(6-17)7-19-16)13-9-23(10-13)15-5-11-3-2-4-14(11)20-21-15/h5,7-8,13H,2-4,9-10H2,1H3. The van der Waals surface area contributed by atoms with E-state index in [-0.39, 0.29) is 0 Å². The minimum absolute atomic E-state index is 0.339. The largest absolute Gasteiger partial charge is 0.352 e. The third-order valence-corrected chi connectivity index (χ3v) is 4.65. The molecule has 0 amide bonds. The van der Waals surface area contributed by atoms with Gasteiger partial charge < -0.3 is 9.80 Å². The molecule has 2 aromatic rings. The quantitative estimate of drug-likeness (QED) is 0.835. The summed E-state index contributed by atoms with van der Waals surface area (Å²) in [6, 6.07) is 4.54. The van der Waals surface area contributed by atoms with Crippen molar-refractivity contribution < 1.29 is 0 Å². The molecule has 23 heavy (non-hydrogen) atoms. The van der Waals surface area contributed by atoms with Crippen molar-refractivity contribution >= 4 is 11.6 Å². The predicted octanol–water partition coefficient (Wildman–Crippen LogP) is 0.952. The van der Waals surface area contributed by atoms with Crippen LogP contribution in [0, 0.1) is 11.3 Å². The molecule has 0 aromatic carbocycles. The summed E-state index contributed by atoms with van der Waals surface area (Å²) in [5.41, 5.74) is 2.85. The zero-order valence-electron chi connectivity index (χ0n) is 13.0. The summed E-state index contributed by atoms with van der Waals surface area (Å²) in [4.78, 5) is 12.7. The second-order valence-corrected chi connectivity index (χ2v) is 6.07. The molecule has 0 N–H and O–H groups in total. The van der Waals surface area contributed by atoms with Crippen molar-refractivity contribution in [2.75, 3.05) is 29.9 Å². The van der Waals surface area contributed by atoms with Crippen molar-refractivity contribution in [3.63, 3.8) is 0 Å². The fourth-order valence-corrected chi connectivity index (χ4v) is 3.11. The van der Waals surface area contributed by atoms with E-state index in [9.17, 15) is 0 Å². The van der Waals surface area contributed by atoms with Crippen LogP contribution in [-0.2, 0) is 12.8 Å². The van der Waals surface area contributed by atoms with E-state index in [1.165, 1.54) is 18.2 Å². The molecule has 116 valence electrons. The molecule has 0 saturated carbocycles. The Hall–Kier alpha value is -2.75. The Morgan fingerprint density at radius 1 is 1.22 bits per heavy atom. The van der Waals surface area contributed by atoms with E-state index in [0.717, 1.165) is 43.3 Å². The van der Waals surface area contributed by atoms with Crippen LogP contribution in [0.4, 0.5) is 11.6 Å². The topological polar surface area (TPSA) is 81.8 Å². The van der Waals surface area contributed by atoms with Crippen LogP contribution < -0.4 is 9.80 Å². The molecule has 2 aromatic heterocycles. The van der Waals surface area contributed by atoms with Crippen LogP contribution in [-0.4, -0.2) is 46.3 Å². The smallest absolute Gasteiger partial charge is 0.158 e. The first-order valence-electron chi connectivity index (χ1n) is 7.80. The highest BCUT2D eigenvalue weighted by Crippen LogP contribution is 2.27. The highest BCUT2D eigenvalue weighted by atomic mass is 15.4. The number of nitriles is 1. The molecule has 0 bridgehead atoms. The van der Waals surface area contributed by atoms with E-state index < -0.39 is 0 Å². The molecule has 0 atom stereocenters. The van der Waals surface area contributed by atoms with Crippen LogP contribution in [0.5, 0.6) is 0 Å². The highest BCUT2D eigenvalue weighted by molar-refractivity contribution is 5.49. The Labute approximate surface area is 134 Å². The second-order valence-electron chi connectivity index (χ2n) is 6.07. The molecule has 3 heterocycles. The molecule has 4 rings (SSSR count). The lowest BCUT2D eigenvalue weighted by Crippen LogP contribution is -2.59. The van der Waals surface area contributed by atoms with Gasteiger partial charge in [-0.15, -0.1) is 5.10 Å². The lowest BCUT2D eigenvalue weighted by Gasteiger charge is -2.44. The Balaban J connectivity index is 1.41. The average Bonchev–Trinajstić information content (AvgIpc) is 3.01. The van der Waals surface area contributed by atoms with E-state index >= 15 is 0 Å². The number of nitrogens with zero attached hydrogens (tertiary/aromatic N) is 7. The highest BCUT2D eigenvalue weighted by Gasteiger charge is 2.32. The van der Waals surface area contributed by atoms with Crippen LogP contribution in [0.1, 0.15) is 23.4 Å². The first kappa shape index (κ1) is 13.9. The molecule has 2 aliphatic rings. The minimum atomic E-state index is 0.339. The van der Waals surface area contributed by atoms with Crippen LogP contribution in [0.3, 0.4) is 0 Å². The fraction of sp³-hybridized carbons (Fsp3) is 0.438. The summed E-state index contributed by atoms with van der Waals surface area (Å²) >= 11 is 0. The summed E-state index contributed by atoms with van der Waals surface area (Å²) in [5, 5.41) is 17.5. The van der Waals surface area contributed by atoms with Gasteiger partial charge in [-0.25, -0.2) is 9.97 Å². The van der Waals surface area contributed by atoms with Crippen molar-refractivity contribution in [2.24, 2.45) is 0 Å². The second kappa shape index (κ2) is 5.47. The van der Waals surface area contributed by atoms with Gasteiger partial charge in [0.05, 0.1) is 24.1 Å². The van der Waals surface area contributed by atoms with Gasteiger partial charge in [0, 0.05) is 20.1 Å². The SMILES string of the molecule is CN(c1cnc(C#N)cn1)C1CN(c2cc3c(nn2)CCC3)C1. The van der Waals surface area contributed by atoms with Gasteiger partial charge in [-0.3, -0.25) is 0 Å². The number of likely N-dealkylation sites (N-methyl/N-ethyl adjacent to an activating group) is 1. The summed E-state index contributed by atoms with van der Waals surface area (Å²) < 4.78 is 0. The zero-order valence-corrected chi connectivity index (χ0v) is 13.0. The van der Waals surface area contributed by atoms with Crippen molar-refractivity contribution in [2.45, 2.75) is 25.3 Å². The van der Waals surface area contributed by atoms with E-state index in [2.05, 4.69) is 36.0 Å². The number of anilines is 2. The third kappa shape index (κ3) is 2.46. The Morgan fingerprint density at radius 2 is 2.09 bits per heavy atom. The summed E-state index contributed by atoms with van der Waals surface area (Å²) in [5.74, 6) is 1.76. The number of hydrogen-bond acceptors (Lipinski definition) is 7. The number of fused-ring (bicyclic) bond motifs is 1. The molecule has 0 radical (unpaired) electrons. The lowest BCUT2D eigenvalue weighted by atomic mass is 10.1. The maximum atomic E-state index is 8.78. The molecular weight excluding hydrogens is 290 g/mol. The Bertz CT molecular complexity index is 759. The molecule has 0 unspecified atom stereocenters. The van der Waals surface area contributed by atoms with Crippen molar-refractivity contribution in [3.05, 3.63) is 35.4 Å².